The number of hydrogen-bond donors (Lipinski definition) is 0. The molecule has 0 aromatic heterocycles. The first-order chi connectivity index (χ1) is 18.9. The molecule has 2 aliphatic rings. The van der Waals surface area contributed by atoms with E-state index in [0.717, 1.165) is 26.2 Å². The second kappa shape index (κ2) is 18.6. The van der Waals surface area contributed by atoms with Crippen LogP contribution >= 0.6 is 0 Å². The molecule has 6 rings (SSSR count). The monoisotopic (exact) mass is 774 g/mol. The van der Waals surface area contributed by atoms with Crippen LogP contribution in [0, 0.1) is 0 Å². The van der Waals surface area contributed by atoms with Crippen molar-refractivity contribution in [1.82, 2.24) is 0 Å². The van der Waals surface area contributed by atoms with E-state index in [1.54, 1.807) is 0 Å². The SMILES string of the molecule is C1=[N+](c2ccccc2)CCCCN1c1ccccc1.C1=[N+](c2ccccc2)CCCCN1c1ccccc1.O.[I-].[I-]. The molecule has 7 heteroatoms. The first-order valence-corrected chi connectivity index (χ1v) is 13.8. The van der Waals surface area contributed by atoms with E-state index in [4.69, 9.17) is 0 Å². The van der Waals surface area contributed by atoms with Gasteiger partial charge in [0.05, 0.1) is 26.2 Å². The van der Waals surface area contributed by atoms with E-state index in [2.05, 4.69) is 153 Å². The van der Waals surface area contributed by atoms with E-state index in [9.17, 15) is 0 Å². The molecule has 4 aromatic carbocycles. The normalized spacial score (nSPS) is 14.6. The summed E-state index contributed by atoms with van der Waals surface area (Å²) in [6, 6.07) is 42.4. The molecule has 2 heterocycles. The molecule has 41 heavy (non-hydrogen) atoms. The van der Waals surface area contributed by atoms with Crippen LogP contribution in [0.3, 0.4) is 0 Å². The Labute approximate surface area is 279 Å². The summed E-state index contributed by atoms with van der Waals surface area (Å²) in [5, 5.41) is 0. The van der Waals surface area contributed by atoms with Gasteiger partial charge in [-0.2, -0.15) is 0 Å². The van der Waals surface area contributed by atoms with Crippen molar-refractivity contribution in [3.63, 3.8) is 0 Å². The third-order valence-corrected chi connectivity index (χ3v) is 7.00. The third kappa shape index (κ3) is 10.2. The quantitative estimate of drug-likeness (QED) is 0.224. The summed E-state index contributed by atoms with van der Waals surface area (Å²) >= 11 is 0. The van der Waals surface area contributed by atoms with Crippen molar-refractivity contribution >= 4 is 35.4 Å². The second-order valence-corrected chi connectivity index (χ2v) is 9.76. The molecule has 2 N–H and O–H groups in total. The van der Waals surface area contributed by atoms with Gasteiger partial charge in [-0.1, -0.05) is 72.8 Å². The van der Waals surface area contributed by atoms with Gasteiger partial charge in [-0.25, -0.2) is 19.0 Å². The lowest BCUT2D eigenvalue weighted by molar-refractivity contribution is -0.436. The van der Waals surface area contributed by atoms with Crippen molar-refractivity contribution in [1.29, 1.82) is 0 Å². The van der Waals surface area contributed by atoms with Gasteiger partial charge in [0.25, 0.3) is 0 Å². The predicted molar refractivity (Wildman–Crippen MR) is 164 cm³/mol. The van der Waals surface area contributed by atoms with Crippen LogP contribution in [0.1, 0.15) is 25.7 Å². The summed E-state index contributed by atoms with van der Waals surface area (Å²) in [7, 11) is 0. The van der Waals surface area contributed by atoms with Gasteiger partial charge < -0.3 is 53.4 Å². The average Bonchev–Trinajstić information content (AvgIpc) is 3.41. The molecule has 0 saturated heterocycles. The standard InChI is InChI=1S/2C17H19N2.2HI.H2O/c2*1-3-9-16(10-4-1)18-13-7-8-14-19(15-18)17-11-5-2-6-12-17;;;/h2*1-6,9-12,15H,7-8,13-14H2;2*1H;1H2/q2*+1;;;/p-2. The highest BCUT2D eigenvalue weighted by atomic mass is 127. The van der Waals surface area contributed by atoms with Gasteiger partial charge in [-0.05, 0) is 74.2 Å². The molecule has 0 unspecified atom stereocenters. The molecule has 0 bridgehead atoms. The summed E-state index contributed by atoms with van der Waals surface area (Å²) in [4.78, 5) is 4.69. The van der Waals surface area contributed by atoms with Crippen molar-refractivity contribution in [2.45, 2.75) is 25.7 Å². The van der Waals surface area contributed by atoms with Crippen molar-refractivity contribution < 1.29 is 62.6 Å². The van der Waals surface area contributed by atoms with Crippen molar-refractivity contribution in [2.24, 2.45) is 0 Å². The Morgan fingerprint density at radius 3 is 1.07 bits per heavy atom. The van der Waals surface area contributed by atoms with E-state index < -0.39 is 0 Å². The second-order valence-electron chi connectivity index (χ2n) is 9.76. The summed E-state index contributed by atoms with van der Waals surface area (Å²) < 4.78 is 4.69. The fourth-order valence-corrected chi connectivity index (χ4v) is 4.96. The Bertz CT molecular complexity index is 1220. The molecule has 0 saturated carbocycles. The van der Waals surface area contributed by atoms with Gasteiger partial charge in [-0.3, -0.25) is 0 Å². The van der Waals surface area contributed by atoms with Crippen molar-refractivity contribution in [2.75, 3.05) is 36.0 Å². The minimum atomic E-state index is 0. The molecule has 0 radical (unpaired) electrons. The lowest BCUT2D eigenvalue weighted by Crippen LogP contribution is -3.00. The van der Waals surface area contributed by atoms with E-state index in [-0.39, 0.29) is 53.4 Å². The highest BCUT2D eigenvalue weighted by Crippen LogP contribution is 2.19. The summed E-state index contributed by atoms with van der Waals surface area (Å²) in [5.74, 6) is 0. The molecule has 2 aliphatic heterocycles. The zero-order chi connectivity index (χ0) is 25.8. The molecule has 0 fully saturated rings. The van der Waals surface area contributed by atoms with Crippen LogP contribution in [0.4, 0.5) is 22.7 Å². The first-order valence-electron chi connectivity index (χ1n) is 13.8. The molecule has 0 atom stereocenters. The maximum Gasteiger partial charge on any atom is 0.244 e. The molecule has 0 amide bonds. The summed E-state index contributed by atoms with van der Waals surface area (Å²) in [6.45, 7) is 4.36. The smallest absolute Gasteiger partial charge is 0.244 e. The molecule has 4 aromatic rings. The van der Waals surface area contributed by atoms with Crippen LogP contribution < -0.4 is 57.8 Å². The summed E-state index contributed by atoms with van der Waals surface area (Å²) in [5.41, 5.74) is 5.08. The van der Waals surface area contributed by atoms with Gasteiger partial charge in [-0.15, -0.1) is 0 Å². The molecule has 216 valence electrons. The largest absolute Gasteiger partial charge is 1.00 e. The molecule has 0 spiro atoms. The molecular weight excluding hydrogens is 734 g/mol. The number of halogens is 2. The number of rotatable bonds is 4. The maximum atomic E-state index is 2.35. The Hall–Kier alpha value is -2.76. The van der Waals surface area contributed by atoms with E-state index in [1.807, 2.05) is 0 Å². The fourth-order valence-electron chi connectivity index (χ4n) is 4.96. The van der Waals surface area contributed by atoms with Crippen LogP contribution in [0.2, 0.25) is 0 Å². The number of para-hydroxylation sites is 4. The Kier molecular flexibility index (Phi) is 15.6. The minimum absolute atomic E-state index is 0. The predicted octanol–water partition coefficient (Wildman–Crippen LogP) is 0.502. The van der Waals surface area contributed by atoms with Crippen LogP contribution in [-0.4, -0.2) is 53.5 Å². The number of hydrogen-bond acceptors (Lipinski definition) is 2. The zero-order valence-electron chi connectivity index (χ0n) is 23.4. The topological polar surface area (TPSA) is 44.0 Å². The first kappa shape index (κ1) is 34.4. The number of anilines is 2. The number of nitrogens with zero attached hydrogens (tertiary/aromatic N) is 4. The molecule has 0 aliphatic carbocycles. The van der Waals surface area contributed by atoms with Gasteiger partial charge in [0.2, 0.25) is 12.7 Å². The van der Waals surface area contributed by atoms with E-state index in [0.29, 0.717) is 0 Å². The van der Waals surface area contributed by atoms with Crippen LogP contribution in [-0.2, 0) is 0 Å². The lowest BCUT2D eigenvalue weighted by atomic mass is 10.2. The Morgan fingerprint density at radius 2 is 0.732 bits per heavy atom. The molecule has 5 nitrogen and oxygen atoms in total. The van der Waals surface area contributed by atoms with E-state index >= 15 is 0 Å². The minimum Gasteiger partial charge on any atom is -1.00 e. The van der Waals surface area contributed by atoms with Crippen LogP contribution in [0.15, 0.2) is 121 Å². The van der Waals surface area contributed by atoms with Crippen molar-refractivity contribution in [3.05, 3.63) is 121 Å². The Balaban J connectivity index is 0.000000267. The maximum absolute atomic E-state index is 2.35. The third-order valence-electron chi connectivity index (χ3n) is 7.00. The van der Waals surface area contributed by atoms with Gasteiger partial charge in [0.15, 0.2) is 0 Å². The van der Waals surface area contributed by atoms with Gasteiger partial charge in [0.1, 0.15) is 22.7 Å². The molecular formula is C34H40I2N4O. The van der Waals surface area contributed by atoms with E-state index in [1.165, 1.54) is 48.4 Å². The van der Waals surface area contributed by atoms with Gasteiger partial charge >= 0.3 is 0 Å². The Morgan fingerprint density at radius 1 is 0.415 bits per heavy atom. The average molecular weight is 775 g/mol. The van der Waals surface area contributed by atoms with Gasteiger partial charge in [0, 0.05) is 0 Å². The summed E-state index contributed by atoms with van der Waals surface area (Å²) in [6.07, 6.45) is 9.42. The fraction of sp³-hybridized carbons (Fsp3) is 0.235. The lowest BCUT2D eigenvalue weighted by Gasteiger charge is -2.11. The highest BCUT2D eigenvalue weighted by molar-refractivity contribution is 5.77. The van der Waals surface area contributed by atoms with Crippen molar-refractivity contribution in [3.8, 4) is 0 Å². The number of benzene rings is 4. The zero-order valence-corrected chi connectivity index (χ0v) is 27.7. The van der Waals surface area contributed by atoms with Crippen LogP contribution in [0.5, 0.6) is 0 Å². The highest BCUT2D eigenvalue weighted by Gasteiger charge is 2.18. The van der Waals surface area contributed by atoms with Crippen LogP contribution in [0.25, 0.3) is 0 Å².